The van der Waals surface area contributed by atoms with Crippen LogP contribution in [0.5, 0.6) is 0 Å². The molecular weight excluding hydrogens is 256 g/mol. The minimum Gasteiger partial charge on any atom is -0.356 e. The van der Waals surface area contributed by atoms with Gasteiger partial charge in [0, 0.05) is 25.7 Å². The van der Waals surface area contributed by atoms with Crippen LogP contribution in [-0.2, 0) is 6.54 Å². The van der Waals surface area contributed by atoms with Crippen molar-refractivity contribution in [2.75, 3.05) is 24.0 Å². The van der Waals surface area contributed by atoms with E-state index in [1.165, 1.54) is 25.0 Å². The Morgan fingerprint density at radius 2 is 2.21 bits per heavy atom. The van der Waals surface area contributed by atoms with Gasteiger partial charge in [-0.2, -0.15) is 11.8 Å². The van der Waals surface area contributed by atoms with Gasteiger partial charge < -0.3 is 10.2 Å². The van der Waals surface area contributed by atoms with Gasteiger partial charge in [0.2, 0.25) is 0 Å². The Morgan fingerprint density at radius 3 is 2.79 bits per heavy atom. The summed E-state index contributed by atoms with van der Waals surface area (Å²) in [5.74, 6) is 2.14. The maximum atomic E-state index is 4.52. The molecule has 0 aromatic carbocycles. The number of hydrogen-bond donors (Lipinski definition) is 1. The molecule has 1 fully saturated rings. The monoisotopic (exact) mass is 280 g/mol. The lowest BCUT2D eigenvalue weighted by Crippen LogP contribution is -2.30. The summed E-state index contributed by atoms with van der Waals surface area (Å²) in [5, 5.41) is 3.45. The van der Waals surface area contributed by atoms with E-state index in [0.29, 0.717) is 6.04 Å². The summed E-state index contributed by atoms with van der Waals surface area (Å²) in [6.07, 6.45) is 9.71. The number of anilines is 1. The SMILES string of the molecule is CSCCC(C)N(C)c1cnc(CNC2CC2)cn1. The van der Waals surface area contributed by atoms with E-state index in [1.807, 2.05) is 24.2 Å². The van der Waals surface area contributed by atoms with E-state index in [1.54, 1.807) is 0 Å². The van der Waals surface area contributed by atoms with Crippen molar-refractivity contribution in [2.45, 2.75) is 44.8 Å². The van der Waals surface area contributed by atoms with Gasteiger partial charge in [0.15, 0.2) is 0 Å². The van der Waals surface area contributed by atoms with Crippen LogP contribution in [0.15, 0.2) is 12.4 Å². The second-order valence-electron chi connectivity index (χ2n) is 5.26. The number of aromatic nitrogens is 2. The molecule has 106 valence electrons. The quantitative estimate of drug-likeness (QED) is 0.791. The standard InChI is InChI=1S/C14H24N4S/c1-11(6-7-19-3)18(2)14-10-16-13(9-17-14)8-15-12-4-5-12/h9-12,15H,4-8H2,1-3H3. The van der Waals surface area contributed by atoms with E-state index in [4.69, 9.17) is 0 Å². The molecule has 5 heteroatoms. The van der Waals surface area contributed by atoms with Gasteiger partial charge >= 0.3 is 0 Å². The van der Waals surface area contributed by atoms with Gasteiger partial charge in [0.25, 0.3) is 0 Å². The van der Waals surface area contributed by atoms with E-state index in [2.05, 4.69) is 40.4 Å². The first-order valence-electron chi connectivity index (χ1n) is 6.96. The van der Waals surface area contributed by atoms with Crippen LogP contribution >= 0.6 is 11.8 Å². The third-order valence-corrected chi connectivity index (χ3v) is 4.25. The van der Waals surface area contributed by atoms with Crippen molar-refractivity contribution in [3.05, 3.63) is 18.1 Å². The molecule has 4 nitrogen and oxygen atoms in total. The van der Waals surface area contributed by atoms with Crippen LogP contribution in [0.2, 0.25) is 0 Å². The lowest BCUT2D eigenvalue weighted by molar-refractivity contribution is 0.652. The van der Waals surface area contributed by atoms with Crippen molar-refractivity contribution in [3.8, 4) is 0 Å². The largest absolute Gasteiger partial charge is 0.356 e. The highest BCUT2D eigenvalue weighted by Gasteiger charge is 2.20. The predicted molar refractivity (Wildman–Crippen MR) is 82.8 cm³/mol. The molecule has 0 amide bonds. The van der Waals surface area contributed by atoms with E-state index < -0.39 is 0 Å². The second-order valence-corrected chi connectivity index (χ2v) is 6.25. The van der Waals surface area contributed by atoms with Gasteiger partial charge in [-0.1, -0.05) is 0 Å². The Kier molecular flexibility index (Phi) is 5.45. The van der Waals surface area contributed by atoms with Gasteiger partial charge in [-0.15, -0.1) is 0 Å². The third kappa shape index (κ3) is 4.66. The summed E-state index contributed by atoms with van der Waals surface area (Å²) in [7, 11) is 2.09. The maximum absolute atomic E-state index is 4.52. The smallest absolute Gasteiger partial charge is 0.147 e. The molecule has 0 saturated heterocycles. The van der Waals surface area contributed by atoms with E-state index >= 15 is 0 Å². The molecule has 19 heavy (non-hydrogen) atoms. The van der Waals surface area contributed by atoms with Gasteiger partial charge in [-0.05, 0) is 38.2 Å². The first-order valence-corrected chi connectivity index (χ1v) is 8.36. The molecule has 0 aliphatic heterocycles. The van der Waals surface area contributed by atoms with Crippen molar-refractivity contribution >= 4 is 17.6 Å². The Balaban J connectivity index is 1.85. The van der Waals surface area contributed by atoms with E-state index in [0.717, 1.165) is 24.1 Å². The van der Waals surface area contributed by atoms with Crippen LogP contribution in [0.4, 0.5) is 5.82 Å². The zero-order valence-electron chi connectivity index (χ0n) is 12.1. The molecule has 0 spiro atoms. The lowest BCUT2D eigenvalue weighted by Gasteiger charge is -2.25. The van der Waals surface area contributed by atoms with Crippen LogP contribution in [0.3, 0.4) is 0 Å². The average molecular weight is 280 g/mol. The average Bonchev–Trinajstić information content (AvgIpc) is 3.26. The molecule has 1 aromatic rings. The molecule has 0 radical (unpaired) electrons. The van der Waals surface area contributed by atoms with Crippen molar-refractivity contribution in [1.82, 2.24) is 15.3 Å². The van der Waals surface area contributed by atoms with Gasteiger partial charge in [0.05, 0.1) is 18.1 Å². The van der Waals surface area contributed by atoms with Gasteiger partial charge in [-0.3, -0.25) is 4.98 Å². The fraction of sp³-hybridized carbons (Fsp3) is 0.714. The molecule has 1 aromatic heterocycles. The molecule has 2 rings (SSSR count). The number of thioether (sulfide) groups is 1. The number of rotatable bonds is 8. The third-order valence-electron chi connectivity index (χ3n) is 3.60. The Labute approximate surface area is 120 Å². The highest BCUT2D eigenvalue weighted by Crippen LogP contribution is 2.19. The van der Waals surface area contributed by atoms with Crippen molar-refractivity contribution in [1.29, 1.82) is 0 Å². The van der Waals surface area contributed by atoms with Crippen LogP contribution in [0.1, 0.15) is 31.9 Å². The number of nitrogens with zero attached hydrogens (tertiary/aromatic N) is 3. The van der Waals surface area contributed by atoms with Gasteiger partial charge in [0.1, 0.15) is 5.82 Å². The summed E-state index contributed by atoms with van der Waals surface area (Å²) in [4.78, 5) is 11.2. The topological polar surface area (TPSA) is 41.1 Å². The molecule has 1 atom stereocenters. The molecule has 1 N–H and O–H groups in total. The Hall–Kier alpha value is -0.810. The fourth-order valence-corrected chi connectivity index (χ4v) is 2.44. The number of nitrogens with one attached hydrogen (secondary N) is 1. The number of hydrogen-bond acceptors (Lipinski definition) is 5. The minimum atomic E-state index is 0.497. The fourth-order valence-electron chi connectivity index (χ4n) is 1.87. The molecule has 1 unspecified atom stereocenters. The summed E-state index contributed by atoms with van der Waals surface area (Å²) < 4.78 is 0. The van der Waals surface area contributed by atoms with Crippen LogP contribution in [-0.4, -0.2) is 41.1 Å². The summed E-state index contributed by atoms with van der Waals surface area (Å²) in [6, 6.07) is 1.22. The molecule has 0 bridgehead atoms. The van der Waals surface area contributed by atoms with Crippen LogP contribution in [0, 0.1) is 0 Å². The minimum absolute atomic E-state index is 0.497. The molecule has 1 aliphatic carbocycles. The highest BCUT2D eigenvalue weighted by molar-refractivity contribution is 7.98. The van der Waals surface area contributed by atoms with Gasteiger partial charge in [-0.25, -0.2) is 4.98 Å². The predicted octanol–water partition coefficient (Wildman–Crippen LogP) is 2.31. The summed E-state index contributed by atoms with van der Waals surface area (Å²) >= 11 is 1.89. The molecule has 1 heterocycles. The maximum Gasteiger partial charge on any atom is 0.147 e. The van der Waals surface area contributed by atoms with E-state index in [-0.39, 0.29) is 0 Å². The zero-order chi connectivity index (χ0) is 13.7. The van der Waals surface area contributed by atoms with Crippen molar-refractivity contribution < 1.29 is 0 Å². The molecule has 1 saturated carbocycles. The Morgan fingerprint density at radius 1 is 1.42 bits per heavy atom. The second kappa shape index (κ2) is 7.10. The summed E-state index contributed by atoms with van der Waals surface area (Å²) in [6.45, 7) is 3.07. The molecule has 1 aliphatic rings. The van der Waals surface area contributed by atoms with E-state index in [9.17, 15) is 0 Å². The van der Waals surface area contributed by atoms with Crippen molar-refractivity contribution in [2.24, 2.45) is 0 Å². The Bertz CT molecular complexity index is 378. The summed E-state index contributed by atoms with van der Waals surface area (Å²) in [5.41, 5.74) is 1.03. The van der Waals surface area contributed by atoms with Crippen molar-refractivity contribution in [3.63, 3.8) is 0 Å². The lowest BCUT2D eigenvalue weighted by atomic mass is 10.2. The molecular formula is C14H24N4S. The zero-order valence-corrected chi connectivity index (χ0v) is 12.9. The normalized spacial score (nSPS) is 16.4. The highest BCUT2D eigenvalue weighted by atomic mass is 32.2. The first kappa shape index (κ1) is 14.6. The van der Waals surface area contributed by atoms with Crippen LogP contribution < -0.4 is 10.2 Å². The first-order chi connectivity index (χ1) is 9.20. The van der Waals surface area contributed by atoms with Crippen LogP contribution in [0.25, 0.3) is 0 Å².